The van der Waals surface area contributed by atoms with E-state index in [1.807, 2.05) is 23.1 Å². The number of rotatable bonds is 5. The molecule has 0 amide bonds. The number of ether oxygens (including phenoxy) is 1. The molecule has 3 rings (SSSR count). The molecule has 0 saturated heterocycles. The van der Waals surface area contributed by atoms with Crippen LogP contribution in [0.25, 0.3) is 11.2 Å². The van der Waals surface area contributed by atoms with Crippen molar-refractivity contribution >= 4 is 34.1 Å². The van der Waals surface area contributed by atoms with Crippen LogP contribution in [0.15, 0.2) is 17.9 Å². The molecule has 0 radical (unpaired) electrons. The summed E-state index contributed by atoms with van der Waals surface area (Å²) in [5, 5.41) is 2.82. The molecule has 0 spiro atoms. The second-order valence-electron chi connectivity index (χ2n) is 4.47. The van der Waals surface area contributed by atoms with Gasteiger partial charge in [0, 0.05) is 24.5 Å². The van der Waals surface area contributed by atoms with E-state index in [0.717, 1.165) is 29.4 Å². The molecular weight excluding hydrogens is 310 g/mol. The van der Waals surface area contributed by atoms with Gasteiger partial charge in [-0.2, -0.15) is 4.98 Å². The molecule has 6 nitrogen and oxygen atoms in total. The molecule has 21 heavy (non-hydrogen) atoms. The van der Waals surface area contributed by atoms with Crippen molar-refractivity contribution in [3.05, 3.63) is 28.7 Å². The van der Waals surface area contributed by atoms with E-state index in [-0.39, 0.29) is 5.38 Å². The monoisotopic (exact) mass is 323 g/mol. The number of fused-ring (bicyclic) bond motifs is 1. The average Bonchev–Trinajstić information content (AvgIpc) is 3.11. The molecule has 0 aliphatic carbocycles. The molecule has 1 atom stereocenters. The molecule has 3 aromatic heterocycles. The highest BCUT2D eigenvalue weighted by atomic mass is 35.5. The van der Waals surface area contributed by atoms with Gasteiger partial charge in [-0.1, -0.05) is 0 Å². The van der Waals surface area contributed by atoms with Crippen LogP contribution in [0.5, 0.6) is 5.88 Å². The van der Waals surface area contributed by atoms with E-state index in [9.17, 15) is 0 Å². The maximum Gasteiger partial charge on any atom is 0.245 e. The van der Waals surface area contributed by atoms with Crippen molar-refractivity contribution in [2.24, 2.45) is 0 Å². The lowest BCUT2D eigenvalue weighted by Gasteiger charge is -2.08. The van der Waals surface area contributed by atoms with E-state index >= 15 is 0 Å². The first-order valence-electron chi connectivity index (χ1n) is 6.48. The lowest BCUT2D eigenvalue weighted by molar-refractivity contribution is 0.401. The number of halogens is 1. The van der Waals surface area contributed by atoms with Crippen LogP contribution in [0, 0.1) is 0 Å². The molecule has 0 N–H and O–H groups in total. The quantitative estimate of drug-likeness (QED) is 0.675. The second-order valence-corrected chi connectivity index (χ2v) is 6.10. The van der Waals surface area contributed by atoms with Crippen LogP contribution < -0.4 is 4.74 Å². The highest BCUT2D eigenvalue weighted by Crippen LogP contribution is 2.27. The first-order valence-corrected chi connectivity index (χ1v) is 7.80. The van der Waals surface area contributed by atoms with E-state index in [4.69, 9.17) is 16.3 Å². The fourth-order valence-corrected chi connectivity index (χ4v) is 2.97. The van der Waals surface area contributed by atoms with Crippen molar-refractivity contribution < 1.29 is 4.74 Å². The van der Waals surface area contributed by atoms with Crippen LogP contribution >= 0.6 is 22.9 Å². The molecule has 0 aromatic carbocycles. The Morgan fingerprint density at radius 3 is 2.90 bits per heavy atom. The third-order valence-corrected chi connectivity index (χ3v) is 4.14. The summed E-state index contributed by atoms with van der Waals surface area (Å²) in [6.07, 6.45) is 4.10. The maximum absolute atomic E-state index is 6.25. The molecule has 0 bridgehead atoms. The van der Waals surface area contributed by atoms with Gasteiger partial charge in [-0.3, -0.25) is 0 Å². The Kier molecular flexibility index (Phi) is 4.03. The van der Waals surface area contributed by atoms with Crippen molar-refractivity contribution in [1.29, 1.82) is 0 Å². The molecule has 8 heteroatoms. The Morgan fingerprint density at radius 2 is 2.24 bits per heavy atom. The minimum Gasteiger partial charge on any atom is -0.479 e. The van der Waals surface area contributed by atoms with Crippen LogP contribution in [0.3, 0.4) is 0 Å². The predicted molar refractivity (Wildman–Crippen MR) is 82.0 cm³/mol. The van der Waals surface area contributed by atoms with Gasteiger partial charge >= 0.3 is 0 Å². The van der Waals surface area contributed by atoms with Crippen LogP contribution in [-0.2, 0) is 13.0 Å². The second kappa shape index (κ2) is 5.95. The Labute approximate surface area is 130 Å². The van der Waals surface area contributed by atoms with E-state index in [2.05, 4.69) is 19.9 Å². The van der Waals surface area contributed by atoms with Gasteiger partial charge < -0.3 is 9.30 Å². The zero-order chi connectivity index (χ0) is 14.8. The van der Waals surface area contributed by atoms with Crippen molar-refractivity contribution in [2.45, 2.75) is 25.3 Å². The highest BCUT2D eigenvalue weighted by molar-refractivity contribution is 7.09. The zero-order valence-electron chi connectivity index (χ0n) is 11.7. The van der Waals surface area contributed by atoms with Crippen LogP contribution in [0.4, 0.5) is 0 Å². The molecule has 3 aromatic rings. The summed E-state index contributed by atoms with van der Waals surface area (Å²) < 4.78 is 7.26. The van der Waals surface area contributed by atoms with Gasteiger partial charge in [-0.15, -0.1) is 22.9 Å². The fraction of sp³-hybridized carbons (Fsp3) is 0.385. The normalized spacial score (nSPS) is 12.7. The summed E-state index contributed by atoms with van der Waals surface area (Å²) in [5.74, 6) is 1.23. The largest absolute Gasteiger partial charge is 0.479 e. The number of aromatic nitrogens is 5. The van der Waals surface area contributed by atoms with Gasteiger partial charge in [0.05, 0.1) is 17.5 Å². The third-order valence-electron chi connectivity index (χ3n) is 3.11. The molecular formula is C13H14ClN5OS. The summed E-state index contributed by atoms with van der Waals surface area (Å²) in [6.45, 7) is 2.61. The van der Waals surface area contributed by atoms with Crippen LogP contribution in [0.2, 0.25) is 0 Å². The predicted octanol–water partition coefficient (Wildman–Crippen LogP) is 2.83. The van der Waals surface area contributed by atoms with Gasteiger partial charge in [0.2, 0.25) is 5.88 Å². The third kappa shape index (κ3) is 2.71. The summed E-state index contributed by atoms with van der Waals surface area (Å²) in [4.78, 5) is 17.3. The van der Waals surface area contributed by atoms with Crippen LogP contribution in [0.1, 0.15) is 23.1 Å². The number of hydrogen-bond donors (Lipinski definition) is 0. The van der Waals surface area contributed by atoms with Gasteiger partial charge in [-0.05, 0) is 6.92 Å². The van der Waals surface area contributed by atoms with E-state index in [1.54, 1.807) is 18.4 Å². The molecule has 1 unspecified atom stereocenters. The minimum absolute atomic E-state index is 0.222. The topological polar surface area (TPSA) is 65.7 Å². The Bertz CT molecular complexity index is 740. The summed E-state index contributed by atoms with van der Waals surface area (Å²) in [7, 11) is 1.57. The van der Waals surface area contributed by atoms with E-state index in [0.29, 0.717) is 11.4 Å². The van der Waals surface area contributed by atoms with Gasteiger partial charge in [-0.25, -0.2) is 15.0 Å². The highest BCUT2D eigenvalue weighted by Gasteiger charge is 2.19. The number of hydrogen-bond acceptors (Lipinski definition) is 6. The van der Waals surface area contributed by atoms with Gasteiger partial charge in [0.1, 0.15) is 12.2 Å². The molecule has 0 aliphatic rings. The number of methoxy groups -OCH3 is 1. The summed E-state index contributed by atoms with van der Waals surface area (Å²) in [6, 6.07) is 0. The lowest BCUT2D eigenvalue weighted by atomic mass is 10.4. The minimum atomic E-state index is -0.222. The number of aryl methyl sites for hydroxylation is 2. The standard InChI is InChI=1S/C13H14ClN5OS/c1-8(14)11-18-10-12(16-7-17-13(10)20-2)19(11)5-3-9-15-4-6-21-9/h4,6-8H,3,5H2,1-2H3. The van der Waals surface area contributed by atoms with Gasteiger partial charge in [0.25, 0.3) is 0 Å². The van der Waals surface area contributed by atoms with Crippen LogP contribution in [-0.4, -0.2) is 31.6 Å². The fourth-order valence-electron chi connectivity index (χ4n) is 2.19. The zero-order valence-corrected chi connectivity index (χ0v) is 13.2. The van der Waals surface area contributed by atoms with Crippen molar-refractivity contribution in [3.8, 4) is 5.88 Å². The number of imidazole rings is 1. The van der Waals surface area contributed by atoms with Crippen molar-refractivity contribution in [1.82, 2.24) is 24.5 Å². The Hall–Kier alpha value is -1.73. The molecule has 0 saturated carbocycles. The number of thiazole rings is 1. The summed E-state index contributed by atoms with van der Waals surface area (Å²) in [5.41, 5.74) is 1.38. The smallest absolute Gasteiger partial charge is 0.245 e. The lowest BCUT2D eigenvalue weighted by Crippen LogP contribution is -2.07. The van der Waals surface area contributed by atoms with E-state index in [1.165, 1.54) is 6.33 Å². The first-order chi connectivity index (χ1) is 10.2. The molecule has 110 valence electrons. The Morgan fingerprint density at radius 1 is 1.38 bits per heavy atom. The SMILES string of the molecule is COc1ncnc2c1nc(C(C)Cl)n2CCc1nccs1. The number of alkyl halides is 1. The van der Waals surface area contributed by atoms with Crippen molar-refractivity contribution in [2.75, 3.05) is 7.11 Å². The molecule has 3 heterocycles. The molecule has 0 fully saturated rings. The number of nitrogens with zero attached hydrogens (tertiary/aromatic N) is 5. The maximum atomic E-state index is 6.25. The summed E-state index contributed by atoms with van der Waals surface area (Å²) >= 11 is 7.89. The Balaban J connectivity index is 2.03. The first kappa shape index (κ1) is 14.2. The molecule has 0 aliphatic heterocycles. The average molecular weight is 324 g/mol. The van der Waals surface area contributed by atoms with Crippen molar-refractivity contribution in [3.63, 3.8) is 0 Å². The van der Waals surface area contributed by atoms with Gasteiger partial charge in [0.15, 0.2) is 11.2 Å². The van der Waals surface area contributed by atoms with E-state index < -0.39 is 0 Å².